The van der Waals surface area contributed by atoms with Crippen LogP contribution in [0.1, 0.15) is 26.3 Å². The highest BCUT2D eigenvalue weighted by Gasteiger charge is 2.21. The maximum atomic E-state index is 6.18. The van der Waals surface area contributed by atoms with Gasteiger partial charge in [0.25, 0.3) is 0 Å². The summed E-state index contributed by atoms with van der Waals surface area (Å²) in [5.74, 6) is 0.835. The molecule has 0 spiro atoms. The fourth-order valence-electron chi connectivity index (χ4n) is 2.72. The number of aromatic nitrogens is 4. The number of piperazine rings is 1. The van der Waals surface area contributed by atoms with E-state index in [2.05, 4.69) is 51.8 Å². The van der Waals surface area contributed by atoms with Crippen LogP contribution < -0.4 is 4.90 Å². The summed E-state index contributed by atoms with van der Waals surface area (Å²) < 4.78 is 2.03. The molecule has 3 rings (SSSR count). The first-order chi connectivity index (χ1) is 10.9. The summed E-state index contributed by atoms with van der Waals surface area (Å²) in [5, 5.41) is 5.09. The molecule has 2 aromatic heterocycles. The predicted octanol–water partition coefficient (Wildman–Crippen LogP) is 2.40. The van der Waals surface area contributed by atoms with Crippen molar-refractivity contribution >= 4 is 17.4 Å². The van der Waals surface area contributed by atoms with E-state index < -0.39 is 0 Å². The Morgan fingerprint density at radius 3 is 2.48 bits per heavy atom. The van der Waals surface area contributed by atoms with Crippen molar-refractivity contribution in [2.75, 3.05) is 31.1 Å². The van der Waals surface area contributed by atoms with Crippen molar-refractivity contribution in [3.8, 4) is 0 Å². The fraction of sp³-hybridized carbons (Fsp3) is 0.562. The molecule has 1 aliphatic heterocycles. The van der Waals surface area contributed by atoms with Gasteiger partial charge in [0.2, 0.25) is 0 Å². The highest BCUT2D eigenvalue weighted by Crippen LogP contribution is 2.23. The van der Waals surface area contributed by atoms with Crippen LogP contribution in [0.4, 0.5) is 5.82 Å². The molecule has 0 aliphatic carbocycles. The second-order valence-electron chi connectivity index (χ2n) is 6.92. The molecule has 2 aromatic rings. The molecule has 6 nitrogen and oxygen atoms in total. The van der Waals surface area contributed by atoms with E-state index in [0.29, 0.717) is 5.02 Å². The molecule has 0 radical (unpaired) electrons. The molecule has 0 saturated carbocycles. The van der Waals surface area contributed by atoms with Crippen LogP contribution in [-0.2, 0) is 12.1 Å². The molecule has 0 aromatic carbocycles. The number of hydrogen-bond acceptors (Lipinski definition) is 5. The average molecular weight is 335 g/mol. The molecule has 1 fully saturated rings. The Balaban J connectivity index is 1.57. The third kappa shape index (κ3) is 3.82. The van der Waals surface area contributed by atoms with E-state index in [4.69, 9.17) is 11.6 Å². The van der Waals surface area contributed by atoms with Crippen molar-refractivity contribution < 1.29 is 0 Å². The van der Waals surface area contributed by atoms with Gasteiger partial charge in [0.1, 0.15) is 11.3 Å². The second kappa shape index (κ2) is 6.45. The minimum absolute atomic E-state index is 0.0285. The Kier molecular flexibility index (Phi) is 4.55. The molecular formula is C16H23ClN6. The molecule has 7 heteroatoms. The van der Waals surface area contributed by atoms with Crippen LogP contribution >= 0.6 is 11.6 Å². The summed E-state index contributed by atoms with van der Waals surface area (Å²) in [6, 6.07) is 0. The Hall–Kier alpha value is -1.66. The molecule has 0 atom stereocenters. The molecule has 124 valence electrons. The summed E-state index contributed by atoms with van der Waals surface area (Å²) in [6.07, 6.45) is 7.32. The Labute approximate surface area is 142 Å². The molecular weight excluding hydrogens is 312 g/mol. The van der Waals surface area contributed by atoms with Gasteiger partial charge in [0, 0.05) is 44.5 Å². The largest absolute Gasteiger partial charge is 0.353 e. The maximum Gasteiger partial charge on any atom is 0.150 e. The Bertz CT molecular complexity index is 655. The molecule has 0 bridgehead atoms. The van der Waals surface area contributed by atoms with Gasteiger partial charge < -0.3 is 4.90 Å². The smallest absolute Gasteiger partial charge is 0.150 e. The highest BCUT2D eigenvalue weighted by atomic mass is 35.5. The predicted molar refractivity (Wildman–Crippen MR) is 91.8 cm³/mol. The topological polar surface area (TPSA) is 50.1 Å². The van der Waals surface area contributed by atoms with Gasteiger partial charge >= 0.3 is 0 Å². The van der Waals surface area contributed by atoms with Crippen molar-refractivity contribution in [1.29, 1.82) is 0 Å². The minimum atomic E-state index is 0.0285. The van der Waals surface area contributed by atoms with Gasteiger partial charge in [-0.15, -0.1) is 0 Å². The summed E-state index contributed by atoms with van der Waals surface area (Å²) in [5.41, 5.74) is 1.29. The molecule has 0 unspecified atom stereocenters. The molecule has 1 saturated heterocycles. The van der Waals surface area contributed by atoms with Crippen LogP contribution in [0.25, 0.3) is 0 Å². The lowest BCUT2D eigenvalue weighted by atomic mass is 10.1. The van der Waals surface area contributed by atoms with Crippen molar-refractivity contribution in [3.63, 3.8) is 0 Å². The van der Waals surface area contributed by atoms with E-state index in [9.17, 15) is 0 Å². The molecule has 3 heterocycles. The van der Waals surface area contributed by atoms with E-state index >= 15 is 0 Å². The van der Waals surface area contributed by atoms with Crippen molar-refractivity contribution in [1.82, 2.24) is 24.6 Å². The number of anilines is 1. The maximum absolute atomic E-state index is 6.18. The third-order valence-corrected chi connectivity index (χ3v) is 4.32. The van der Waals surface area contributed by atoms with Gasteiger partial charge in [-0.2, -0.15) is 5.10 Å². The zero-order chi connectivity index (χ0) is 16.4. The van der Waals surface area contributed by atoms with Gasteiger partial charge in [0.05, 0.1) is 17.9 Å². The van der Waals surface area contributed by atoms with Crippen LogP contribution in [0.5, 0.6) is 0 Å². The van der Waals surface area contributed by atoms with Gasteiger partial charge in [-0.3, -0.25) is 9.58 Å². The van der Waals surface area contributed by atoms with E-state index in [-0.39, 0.29) is 5.54 Å². The van der Waals surface area contributed by atoms with Crippen molar-refractivity contribution in [3.05, 3.63) is 35.5 Å². The number of nitrogens with zero attached hydrogens (tertiary/aromatic N) is 6. The standard InChI is InChI=1S/C16H23ClN6/c1-16(2,3)23-11-13(8-20-23)10-21-4-6-22(7-5-21)15-14(17)9-18-12-19-15/h8-9,11-12H,4-7,10H2,1-3H3. The second-order valence-corrected chi connectivity index (χ2v) is 7.33. The molecule has 0 amide bonds. The molecule has 1 aliphatic rings. The number of halogens is 1. The SMILES string of the molecule is CC(C)(C)n1cc(CN2CCN(c3ncncc3Cl)CC2)cn1. The van der Waals surface area contributed by atoms with Crippen LogP contribution in [-0.4, -0.2) is 50.8 Å². The van der Waals surface area contributed by atoms with E-state index in [0.717, 1.165) is 38.5 Å². The van der Waals surface area contributed by atoms with Crippen molar-refractivity contribution in [2.45, 2.75) is 32.9 Å². The van der Waals surface area contributed by atoms with E-state index in [1.54, 1.807) is 12.5 Å². The average Bonchev–Trinajstić information content (AvgIpc) is 2.97. The van der Waals surface area contributed by atoms with Gasteiger partial charge in [-0.25, -0.2) is 9.97 Å². The zero-order valence-electron chi connectivity index (χ0n) is 13.9. The summed E-state index contributed by atoms with van der Waals surface area (Å²) in [7, 11) is 0. The number of rotatable bonds is 3. The van der Waals surface area contributed by atoms with Crippen LogP contribution in [0, 0.1) is 0 Å². The molecule has 0 N–H and O–H groups in total. The minimum Gasteiger partial charge on any atom is -0.353 e. The lowest BCUT2D eigenvalue weighted by molar-refractivity contribution is 0.249. The van der Waals surface area contributed by atoms with E-state index in [1.807, 2.05) is 10.9 Å². The Morgan fingerprint density at radius 1 is 1.13 bits per heavy atom. The monoisotopic (exact) mass is 334 g/mol. The zero-order valence-corrected chi connectivity index (χ0v) is 14.7. The van der Waals surface area contributed by atoms with Gasteiger partial charge in [-0.05, 0) is 20.8 Å². The lowest BCUT2D eigenvalue weighted by Gasteiger charge is -2.35. The highest BCUT2D eigenvalue weighted by molar-refractivity contribution is 6.32. The number of hydrogen-bond donors (Lipinski definition) is 0. The summed E-state index contributed by atoms with van der Waals surface area (Å²) in [6.45, 7) is 11.2. The summed E-state index contributed by atoms with van der Waals surface area (Å²) >= 11 is 6.18. The summed E-state index contributed by atoms with van der Waals surface area (Å²) in [4.78, 5) is 12.9. The fourth-order valence-corrected chi connectivity index (χ4v) is 2.95. The van der Waals surface area contributed by atoms with Crippen molar-refractivity contribution in [2.24, 2.45) is 0 Å². The quantitative estimate of drug-likeness (QED) is 0.862. The normalized spacial score (nSPS) is 16.8. The third-order valence-electron chi connectivity index (χ3n) is 4.05. The van der Waals surface area contributed by atoms with Crippen LogP contribution in [0.3, 0.4) is 0 Å². The van der Waals surface area contributed by atoms with Crippen LogP contribution in [0.2, 0.25) is 5.02 Å². The van der Waals surface area contributed by atoms with Gasteiger partial charge in [0.15, 0.2) is 5.82 Å². The first-order valence-electron chi connectivity index (χ1n) is 7.90. The molecule has 23 heavy (non-hydrogen) atoms. The van der Waals surface area contributed by atoms with Crippen LogP contribution in [0.15, 0.2) is 24.9 Å². The van der Waals surface area contributed by atoms with E-state index in [1.165, 1.54) is 5.56 Å². The van der Waals surface area contributed by atoms with Gasteiger partial charge in [-0.1, -0.05) is 11.6 Å². The Morgan fingerprint density at radius 2 is 1.87 bits per heavy atom. The first kappa shape index (κ1) is 16.2. The lowest BCUT2D eigenvalue weighted by Crippen LogP contribution is -2.46. The first-order valence-corrected chi connectivity index (χ1v) is 8.28.